The molecular formula is C67H118O12. The quantitative estimate of drug-likeness (QED) is 0.0228. The molecule has 79 heavy (non-hydrogen) atoms. The predicted molar refractivity (Wildman–Crippen MR) is 322 cm³/mol. The molecule has 0 radical (unpaired) electrons. The Bertz CT molecular complexity index is 1560. The van der Waals surface area contributed by atoms with Gasteiger partial charge in [0.05, 0.1) is 6.61 Å². The number of aliphatic hydroxyl groups excluding tert-OH is 2. The van der Waals surface area contributed by atoms with Gasteiger partial charge in [-0.3, -0.25) is 14.4 Å². The third-order valence-corrected chi connectivity index (χ3v) is 14.9. The Morgan fingerprint density at radius 3 is 1.23 bits per heavy atom. The molecule has 1 rings (SSSR count). The molecule has 0 aliphatic carbocycles. The SMILES string of the molecule is CC/C=C\C/C=C\C/C=C\CCCCCCCCCC(=O)OCC(COC1OC(C(=O)O)C(O)C(O)C1OC(=O)CCCCCCCCCCCCCCCCC)OC(=O)CCCCCCCCC/C=C\CCCCCCCC. The molecule has 3 N–H and O–H groups in total. The fourth-order valence-corrected chi connectivity index (χ4v) is 9.91. The molecule has 0 aromatic carbocycles. The number of esters is 3. The first-order valence-electron chi connectivity index (χ1n) is 32.6. The van der Waals surface area contributed by atoms with E-state index in [4.69, 9.17) is 23.7 Å². The Kier molecular flexibility index (Phi) is 51.5. The molecule has 0 bridgehead atoms. The Labute approximate surface area is 482 Å². The molecule has 0 spiro atoms. The number of ether oxygens (including phenoxy) is 5. The Morgan fingerprint density at radius 1 is 0.430 bits per heavy atom. The number of unbranched alkanes of at least 4 members (excludes halogenated alkanes) is 34. The molecule has 0 amide bonds. The zero-order valence-corrected chi connectivity index (χ0v) is 50.6. The van der Waals surface area contributed by atoms with Crippen LogP contribution in [0.25, 0.3) is 0 Å². The Balaban J connectivity index is 2.66. The summed E-state index contributed by atoms with van der Waals surface area (Å²) < 4.78 is 28.5. The number of carboxylic acid groups (broad SMARTS) is 1. The van der Waals surface area contributed by atoms with Crippen molar-refractivity contribution in [3.63, 3.8) is 0 Å². The minimum absolute atomic E-state index is 0.0636. The van der Waals surface area contributed by atoms with Gasteiger partial charge in [0.2, 0.25) is 0 Å². The lowest BCUT2D eigenvalue weighted by atomic mass is 9.98. The van der Waals surface area contributed by atoms with Crippen molar-refractivity contribution in [1.82, 2.24) is 0 Å². The molecule has 12 heteroatoms. The lowest BCUT2D eigenvalue weighted by Gasteiger charge is -2.40. The van der Waals surface area contributed by atoms with Crippen molar-refractivity contribution in [3.8, 4) is 0 Å². The van der Waals surface area contributed by atoms with Crippen LogP contribution < -0.4 is 0 Å². The number of hydrogen-bond donors (Lipinski definition) is 3. The first kappa shape index (κ1) is 73.7. The third kappa shape index (κ3) is 45.0. The van der Waals surface area contributed by atoms with Crippen LogP contribution in [0.5, 0.6) is 0 Å². The van der Waals surface area contributed by atoms with Gasteiger partial charge in [0.15, 0.2) is 24.6 Å². The Morgan fingerprint density at radius 2 is 0.797 bits per heavy atom. The largest absolute Gasteiger partial charge is 0.479 e. The molecule has 0 saturated carbocycles. The molecule has 1 aliphatic rings. The topological polar surface area (TPSA) is 175 Å². The molecule has 1 fully saturated rings. The van der Waals surface area contributed by atoms with Crippen LogP contribution in [-0.2, 0) is 42.9 Å². The number of rotatable bonds is 56. The standard InChI is InChI=1S/C67H118O12/c1-4-7-10-13-16-19-22-25-28-30-33-35-38-41-44-47-50-53-59(68)75-56-58(77-60(69)54-51-48-45-42-39-37-34-31-29-26-23-20-17-14-11-8-5-2)57-76-67-65(63(72)62(71)64(79-67)66(73)74)78-61(70)55-52-49-46-43-40-36-32-27-24-21-18-15-12-9-6-3/h7,10,16,19,25-26,28-29,58,62-65,67,71-72H,4-6,8-9,11-15,17-18,20-24,27,30-57H2,1-3H3,(H,73,74)/b10-7-,19-16-,28-25-,29-26-. The molecule has 1 saturated heterocycles. The van der Waals surface area contributed by atoms with E-state index in [0.29, 0.717) is 19.3 Å². The van der Waals surface area contributed by atoms with E-state index in [1.54, 1.807) is 0 Å². The molecule has 12 nitrogen and oxygen atoms in total. The molecule has 6 unspecified atom stereocenters. The van der Waals surface area contributed by atoms with Crippen molar-refractivity contribution in [2.75, 3.05) is 13.2 Å². The van der Waals surface area contributed by atoms with Gasteiger partial charge in [-0.25, -0.2) is 4.79 Å². The molecule has 6 atom stereocenters. The van der Waals surface area contributed by atoms with Gasteiger partial charge >= 0.3 is 23.9 Å². The highest BCUT2D eigenvalue weighted by Gasteiger charge is 2.50. The molecule has 1 heterocycles. The van der Waals surface area contributed by atoms with Crippen LogP contribution >= 0.6 is 0 Å². The molecule has 0 aromatic rings. The van der Waals surface area contributed by atoms with Gasteiger partial charge in [0, 0.05) is 19.3 Å². The number of allylic oxidation sites excluding steroid dienone is 8. The second kappa shape index (κ2) is 55.2. The summed E-state index contributed by atoms with van der Waals surface area (Å²) in [6.07, 6.45) is 54.9. The number of aliphatic carboxylic acids is 1. The summed E-state index contributed by atoms with van der Waals surface area (Å²) in [5.74, 6) is -3.11. The zero-order valence-electron chi connectivity index (χ0n) is 50.6. The van der Waals surface area contributed by atoms with Crippen molar-refractivity contribution in [2.45, 2.75) is 340 Å². The Hall–Kier alpha value is -3.32. The summed E-state index contributed by atoms with van der Waals surface area (Å²) in [6, 6.07) is 0. The van der Waals surface area contributed by atoms with Gasteiger partial charge in [0.25, 0.3) is 0 Å². The summed E-state index contributed by atoms with van der Waals surface area (Å²) >= 11 is 0. The first-order chi connectivity index (χ1) is 38.6. The fourth-order valence-electron chi connectivity index (χ4n) is 9.91. The van der Waals surface area contributed by atoms with Gasteiger partial charge in [-0.05, 0) is 77.0 Å². The highest BCUT2D eigenvalue weighted by molar-refractivity contribution is 5.74. The van der Waals surface area contributed by atoms with E-state index in [1.165, 1.54) is 135 Å². The number of carboxylic acids is 1. The lowest BCUT2D eigenvalue weighted by Crippen LogP contribution is -2.61. The fraction of sp³-hybridized carbons (Fsp3) is 0.821. The average Bonchev–Trinajstić information content (AvgIpc) is 3.46. The highest BCUT2D eigenvalue weighted by Crippen LogP contribution is 2.27. The normalized spacial score (nSPS) is 18.1. The maximum Gasteiger partial charge on any atom is 0.335 e. The van der Waals surface area contributed by atoms with Crippen molar-refractivity contribution in [3.05, 3.63) is 48.6 Å². The van der Waals surface area contributed by atoms with Crippen molar-refractivity contribution >= 4 is 23.9 Å². The summed E-state index contributed by atoms with van der Waals surface area (Å²) in [4.78, 5) is 51.3. The van der Waals surface area contributed by atoms with Crippen LogP contribution in [0.3, 0.4) is 0 Å². The molecule has 1 aliphatic heterocycles. The van der Waals surface area contributed by atoms with Gasteiger partial charge in [0.1, 0.15) is 18.8 Å². The summed E-state index contributed by atoms with van der Waals surface area (Å²) in [7, 11) is 0. The van der Waals surface area contributed by atoms with E-state index in [0.717, 1.165) is 109 Å². The average molecular weight is 1120 g/mol. The summed E-state index contributed by atoms with van der Waals surface area (Å²) in [6.45, 7) is 5.91. The maximum atomic E-state index is 13.2. The van der Waals surface area contributed by atoms with Crippen LogP contribution in [0.15, 0.2) is 48.6 Å². The van der Waals surface area contributed by atoms with Crippen molar-refractivity contribution in [2.24, 2.45) is 0 Å². The van der Waals surface area contributed by atoms with E-state index in [1.807, 2.05) is 0 Å². The van der Waals surface area contributed by atoms with E-state index < -0.39 is 67.3 Å². The number of hydrogen-bond acceptors (Lipinski definition) is 11. The second-order valence-corrected chi connectivity index (χ2v) is 22.4. The number of aliphatic hydroxyl groups is 2. The van der Waals surface area contributed by atoms with Crippen LogP contribution in [0.4, 0.5) is 0 Å². The number of carbonyl (C=O) groups excluding carboxylic acids is 3. The van der Waals surface area contributed by atoms with Gasteiger partial charge in [-0.15, -0.1) is 0 Å². The maximum absolute atomic E-state index is 13.2. The van der Waals surface area contributed by atoms with Crippen LogP contribution in [0.2, 0.25) is 0 Å². The lowest BCUT2D eigenvalue weighted by molar-refractivity contribution is -0.301. The third-order valence-electron chi connectivity index (χ3n) is 14.9. The summed E-state index contributed by atoms with van der Waals surface area (Å²) in [5.41, 5.74) is 0. The van der Waals surface area contributed by atoms with E-state index >= 15 is 0 Å². The minimum Gasteiger partial charge on any atom is -0.479 e. The van der Waals surface area contributed by atoms with Gasteiger partial charge < -0.3 is 39.0 Å². The van der Waals surface area contributed by atoms with Crippen LogP contribution in [-0.4, -0.2) is 89.2 Å². The molecular weight excluding hydrogens is 997 g/mol. The monoisotopic (exact) mass is 1110 g/mol. The first-order valence-corrected chi connectivity index (χ1v) is 32.6. The van der Waals surface area contributed by atoms with Gasteiger partial charge in [-0.1, -0.05) is 256 Å². The minimum atomic E-state index is -1.90. The number of carbonyl (C=O) groups is 4. The smallest absolute Gasteiger partial charge is 0.335 e. The van der Waals surface area contributed by atoms with Crippen LogP contribution in [0, 0.1) is 0 Å². The van der Waals surface area contributed by atoms with E-state index in [2.05, 4.69) is 69.4 Å². The van der Waals surface area contributed by atoms with E-state index in [-0.39, 0.29) is 25.9 Å². The summed E-state index contributed by atoms with van der Waals surface area (Å²) in [5, 5.41) is 31.6. The zero-order chi connectivity index (χ0) is 57.5. The van der Waals surface area contributed by atoms with Crippen molar-refractivity contribution < 1.29 is 58.2 Å². The van der Waals surface area contributed by atoms with Gasteiger partial charge in [-0.2, -0.15) is 0 Å². The van der Waals surface area contributed by atoms with Crippen LogP contribution in [0.1, 0.15) is 303 Å². The predicted octanol–water partition coefficient (Wildman–Crippen LogP) is 17.3. The highest BCUT2D eigenvalue weighted by atomic mass is 16.7. The van der Waals surface area contributed by atoms with Crippen molar-refractivity contribution in [1.29, 1.82) is 0 Å². The van der Waals surface area contributed by atoms with E-state index in [9.17, 15) is 34.5 Å². The molecule has 458 valence electrons. The molecule has 0 aromatic heterocycles. The second-order valence-electron chi connectivity index (χ2n) is 22.4.